The molecule has 0 amide bonds. The van der Waals surface area contributed by atoms with Crippen LogP contribution < -0.4 is 0 Å². The highest BCUT2D eigenvalue weighted by Gasteiger charge is 2.11. The normalized spacial score (nSPS) is 14.4. The molecule has 9 heavy (non-hydrogen) atoms. The Morgan fingerprint density at radius 1 is 1.67 bits per heavy atom. The Kier molecular flexibility index (Phi) is 4.70. The Morgan fingerprint density at radius 2 is 2.22 bits per heavy atom. The average Bonchev–Trinajstić information content (AvgIpc) is 1.82. The topological polar surface area (TPSA) is 37.3 Å². The molecule has 54 valence electrons. The monoisotopic (exact) mass is 148 g/mol. The SMILES string of the molecule is CCPC(CC)C(=O)O. The van der Waals surface area contributed by atoms with E-state index in [1.54, 1.807) is 0 Å². The van der Waals surface area contributed by atoms with Crippen LogP contribution in [0.2, 0.25) is 0 Å². The fourth-order valence-electron chi connectivity index (χ4n) is 0.653. The largest absolute Gasteiger partial charge is 0.481 e. The summed E-state index contributed by atoms with van der Waals surface area (Å²) in [5.74, 6) is -0.641. The van der Waals surface area contributed by atoms with Gasteiger partial charge in [-0.15, -0.1) is 8.58 Å². The molecule has 2 nitrogen and oxygen atoms in total. The van der Waals surface area contributed by atoms with Crippen molar-refractivity contribution in [1.29, 1.82) is 0 Å². The van der Waals surface area contributed by atoms with Gasteiger partial charge in [-0.05, 0) is 12.6 Å². The van der Waals surface area contributed by atoms with Gasteiger partial charge in [-0.1, -0.05) is 13.8 Å². The highest BCUT2D eigenvalue weighted by atomic mass is 31.1. The van der Waals surface area contributed by atoms with E-state index in [1.165, 1.54) is 0 Å². The van der Waals surface area contributed by atoms with Crippen molar-refractivity contribution in [2.24, 2.45) is 0 Å². The van der Waals surface area contributed by atoms with Crippen LogP contribution in [-0.2, 0) is 4.79 Å². The quantitative estimate of drug-likeness (QED) is 0.614. The molecule has 0 saturated heterocycles. The molecule has 0 heterocycles. The highest BCUT2D eigenvalue weighted by Crippen LogP contribution is 2.20. The first kappa shape index (κ1) is 8.90. The molecule has 0 aliphatic carbocycles. The van der Waals surface area contributed by atoms with E-state index in [4.69, 9.17) is 5.11 Å². The summed E-state index contributed by atoms with van der Waals surface area (Å²) in [5.41, 5.74) is -0.0880. The van der Waals surface area contributed by atoms with Gasteiger partial charge in [-0.25, -0.2) is 0 Å². The van der Waals surface area contributed by atoms with E-state index in [-0.39, 0.29) is 5.66 Å². The van der Waals surface area contributed by atoms with Crippen LogP contribution in [0.15, 0.2) is 0 Å². The predicted octanol–water partition coefficient (Wildman–Crippen LogP) is 1.55. The maximum atomic E-state index is 10.3. The van der Waals surface area contributed by atoms with Gasteiger partial charge in [0.25, 0.3) is 0 Å². The zero-order valence-corrected chi connectivity index (χ0v) is 6.85. The number of aliphatic carboxylic acids is 1. The first-order chi connectivity index (χ1) is 4.22. The second-order valence-electron chi connectivity index (χ2n) is 1.86. The molecule has 2 unspecified atom stereocenters. The van der Waals surface area contributed by atoms with Crippen LogP contribution in [-0.4, -0.2) is 22.9 Å². The summed E-state index contributed by atoms with van der Waals surface area (Å²) in [6.07, 6.45) is 1.76. The molecule has 0 aromatic carbocycles. The molecule has 1 N–H and O–H groups in total. The van der Waals surface area contributed by atoms with Crippen LogP contribution in [0.1, 0.15) is 20.3 Å². The Morgan fingerprint density at radius 3 is 2.33 bits per heavy atom. The molecule has 0 aliphatic heterocycles. The lowest BCUT2D eigenvalue weighted by Crippen LogP contribution is -2.13. The third-order valence-corrected chi connectivity index (χ3v) is 2.71. The van der Waals surface area contributed by atoms with Crippen molar-refractivity contribution in [2.75, 3.05) is 6.16 Å². The summed E-state index contributed by atoms with van der Waals surface area (Å²) in [5, 5.41) is 8.51. The maximum Gasteiger partial charge on any atom is 0.310 e. The first-order valence-electron chi connectivity index (χ1n) is 3.18. The van der Waals surface area contributed by atoms with Crippen LogP contribution in [0.3, 0.4) is 0 Å². The standard InChI is InChI=1S/C6H13O2P/c1-3-5(6(7)8)9-4-2/h5,9H,3-4H2,1-2H3,(H,7,8). The van der Waals surface area contributed by atoms with Crippen LogP contribution in [0, 0.1) is 0 Å². The first-order valence-corrected chi connectivity index (χ1v) is 4.47. The summed E-state index contributed by atoms with van der Waals surface area (Å²) in [4.78, 5) is 10.3. The van der Waals surface area contributed by atoms with E-state index in [0.29, 0.717) is 8.58 Å². The fourth-order valence-corrected chi connectivity index (χ4v) is 1.61. The number of carbonyl (C=O) groups is 1. The molecule has 0 spiro atoms. The molecule has 0 radical (unpaired) electrons. The number of carboxylic acid groups (broad SMARTS) is 1. The smallest absolute Gasteiger partial charge is 0.310 e. The van der Waals surface area contributed by atoms with Crippen molar-refractivity contribution in [1.82, 2.24) is 0 Å². The predicted molar refractivity (Wildman–Crippen MR) is 40.6 cm³/mol. The van der Waals surface area contributed by atoms with E-state index in [9.17, 15) is 4.79 Å². The van der Waals surface area contributed by atoms with E-state index in [0.717, 1.165) is 12.6 Å². The van der Waals surface area contributed by atoms with Crippen molar-refractivity contribution in [3.05, 3.63) is 0 Å². The summed E-state index contributed by atoms with van der Waals surface area (Å²) in [6.45, 7) is 3.94. The lowest BCUT2D eigenvalue weighted by Gasteiger charge is -2.05. The van der Waals surface area contributed by atoms with Gasteiger partial charge in [-0.2, -0.15) is 0 Å². The molecule has 0 aromatic heterocycles. The van der Waals surface area contributed by atoms with Gasteiger partial charge in [0.2, 0.25) is 0 Å². The third kappa shape index (κ3) is 3.47. The minimum atomic E-state index is -0.641. The zero-order valence-electron chi connectivity index (χ0n) is 5.85. The second-order valence-corrected chi connectivity index (χ2v) is 3.67. The Bertz CT molecular complexity index is 93.1. The van der Waals surface area contributed by atoms with Crippen molar-refractivity contribution < 1.29 is 9.90 Å². The van der Waals surface area contributed by atoms with E-state index in [2.05, 4.69) is 0 Å². The number of rotatable bonds is 4. The van der Waals surface area contributed by atoms with E-state index in [1.807, 2.05) is 13.8 Å². The third-order valence-electron chi connectivity index (χ3n) is 1.16. The van der Waals surface area contributed by atoms with Gasteiger partial charge >= 0.3 is 5.97 Å². The second kappa shape index (κ2) is 4.75. The van der Waals surface area contributed by atoms with Gasteiger partial charge in [0.05, 0.1) is 5.66 Å². The van der Waals surface area contributed by atoms with Crippen molar-refractivity contribution in [2.45, 2.75) is 25.9 Å². The minimum absolute atomic E-state index is 0.0880. The average molecular weight is 148 g/mol. The van der Waals surface area contributed by atoms with Crippen molar-refractivity contribution >= 4 is 14.6 Å². The molecule has 3 heteroatoms. The Hall–Kier alpha value is -0.100. The summed E-state index contributed by atoms with van der Waals surface area (Å²) in [7, 11) is 0.587. The van der Waals surface area contributed by atoms with Gasteiger partial charge in [0, 0.05) is 0 Å². The van der Waals surface area contributed by atoms with Crippen LogP contribution in [0.4, 0.5) is 0 Å². The molecule has 0 aromatic rings. The Balaban J connectivity index is 3.54. The number of hydrogen-bond donors (Lipinski definition) is 1. The molecule has 0 fully saturated rings. The lowest BCUT2D eigenvalue weighted by molar-refractivity contribution is -0.136. The molecule has 0 rings (SSSR count). The van der Waals surface area contributed by atoms with Crippen LogP contribution in [0.5, 0.6) is 0 Å². The van der Waals surface area contributed by atoms with Crippen molar-refractivity contribution in [3.8, 4) is 0 Å². The summed E-state index contributed by atoms with van der Waals surface area (Å²) < 4.78 is 0. The summed E-state index contributed by atoms with van der Waals surface area (Å²) in [6, 6.07) is 0. The zero-order chi connectivity index (χ0) is 7.28. The number of carboxylic acids is 1. The lowest BCUT2D eigenvalue weighted by atomic mass is 10.3. The van der Waals surface area contributed by atoms with Gasteiger partial charge in [-0.3, -0.25) is 4.79 Å². The van der Waals surface area contributed by atoms with Crippen LogP contribution >= 0.6 is 8.58 Å². The van der Waals surface area contributed by atoms with E-state index >= 15 is 0 Å². The van der Waals surface area contributed by atoms with Crippen LogP contribution in [0.25, 0.3) is 0 Å². The summed E-state index contributed by atoms with van der Waals surface area (Å²) >= 11 is 0. The molecule has 0 saturated carbocycles. The highest BCUT2D eigenvalue weighted by molar-refractivity contribution is 7.40. The number of hydrogen-bond acceptors (Lipinski definition) is 1. The molecule has 0 bridgehead atoms. The molecule has 0 aliphatic rings. The molecular formula is C6H13O2P. The fraction of sp³-hybridized carbons (Fsp3) is 0.833. The Labute approximate surface area is 57.4 Å². The van der Waals surface area contributed by atoms with Gasteiger partial charge in [0.1, 0.15) is 0 Å². The van der Waals surface area contributed by atoms with Gasteiger partial charge in [0.15, 0.2) is 0 Å². The molecule has 2 atom stereocenters. The van der Waals surface area contributed by atoms with E-state index < -0.39 is 5.97 Å². The maximum absolute atomic E-state index is 10.3. The minimum Gasteiger partial charge on any atom is -0.481 e. The van der Waals surface area contributed by atoms with Crippen molar-refractivity contribution in [3.63, 3.8) is 0 Å². The van der Waals surface area contributed by atoms with Gasteiger partial charge < -0.3 is 5.11 Å². The molecular weight excluding hydrogens is 135 g/mol.